The van der Waals surface area contributed by atoms with Gasteiger partial charge >= 0.3 is 12.4 Å². The van der Waals surface area contributed by atoms with Crippen molar-refractivity contribution in [3.8, 4) is 28.7 Å². The number of alkyl halides is 6. The summed E-state index contributed by atoms with van der Waals surface area (Å²) in [6.45, 7) is -0.379. The van der Waals surface area contributed by atoms with Gasteiger partial charge in [0.15, 0.2) is 23.0 Å². The number of hydrogen-bond donors (Lipinski definition) is 2. The summed E-state index contributed by atoms with van der Waals surface area (Å²) in [7, 11) is 1.51. The van der Waals surface area contributed by atoms with Crippen molar-refractivity contribution >= 4 is 17.0 Å². The number of ether oxygens (including phenoxy) is 1. The first-order valence-electron chi connectivity index (χ1n) is 14.1. The van der Waals surface area contributed by atoms with Crippen LogP contribution in [0.15, 0.2) is 43.1 Å². The second-order valence-corrected chi connectivity index (χ2v) is 11.3. The lowest BCUT2D eigenvalue weighted by Crippen LogP contribution is -2.29. The molecule has 2 fully saturated rings. The van der Waals surface area contributed by atoms with Gasteiger partial charge in [-0.15, -0.1) is 0 Å². The van der Waals surface area contributed by atoms with Crippen molar-refractivity contribution in [1.82, 2.24) is 39.5 Å². The highest BCUT2D eigenvalue weighted by molar-refractivity contribution is 5.85. The molecule has 2 saturated carbocycles. The van der Waals surface area contributed by atoms with E-state index in [4.69, 9.17) is 9.72 Å². The minimum Gasteiger partial charge on any atom is -0.480 e. The third-order valence-corrected chi connectivity index (χ3v) is 8.18. The number of aromatic nitrogens is 8. The fraction of sp³-hybridized carbons (Fsp3) is 0.379. The van der Waals surface area contributed by atoms with Crippen LogP contribution in [-0.2, 0) is 19.3 Å². The van der Waals surface area contributed by atoms with E-state index in [-0.39, 0.29) is 36.7 Å². The number of H-pyrrole nitrogens is 1. The Morgan fingerprint density at radius 1 is 1.00 bits per heavy atom. The van der Waals surface area contributed by atoms with Gasteiger partial charge in [-0.1, -0.05) is 24.3 Å². The van der Waals surface area contributed by atoms with Gasteiger partial charge in [-0.25, -0.2) is 29.9 Å². The lowest BCUT2D eigenvalue weighted by atomic mass is 10.1. The lowest BCUT2D eigenvalue weighted by molar-refractivity contribution is -0.190. The van der Waals surface area contributed by atoms with E-state index in [1.807, 2.05) is 0 Å². The van der Waals surface area contributed by atoms with Gasteiger partial charge < -0.3 is 19.6 Å². The highest BCUT2D eigenvalue weighted by Gasteiger charge is 2.63. The summed E-state index contributed by atoms with van der Waals surface area (Å²) < 4.78 is 87.9. The smallest absolute Gasteiger partial charge is 0.434 e. The topological polar surface area (TPSA) is 119 Å². The van der Waals surface area contributed by atoms with Crippen LogP contribution in [0.5, 0.6) is 5.88 Å². The molecule has 1 aromatic carbocycles. The van der Waals surface area contributed by atoms with Crippen molar-refractivity contribution < 1.29 is 31.1 Å². The molecule has 0 atom stereocenters. The van der Waals surface area contributed by atoms with E-state index in [9.17, 15) is 26.3 Å². The van der Waals surface area contributed by atoms with Gasteiger partial charge in [0.1, 0.15) is 23.2 Å². The van der Waals surface area contributed by atoms with Crippen LogP contribution in [0.4, 0.5) is 32.2 Å². The van der Waals surface area contributed by atoms with Gasteiger partial charge in [-0.05, 0) is 31.2 Å². The highest BCUT2D eigenvalue weighted by atomic mass is 19.4. The fourth-order valence-corrected chi connectivity index (χ4v) is 5.36. The van der Waals surface area contributed by atoms with Gasteiger partial charge in [0.05, 0.1) is 24.5 Å². The molecule has 0 saturated heterocycles. The molecule has 0 unspecified atom stereocenters. The molecule has 2 aliphatic carbocycles. The summed E-state index contributed by atoms with van der Waals surface area (Å²) >= 11 is 0. The maximum absolute atomic E-state index is 13.6. The number of rotatable bonds is 9. The van der Waals surface area contributed by atoms with Crippen LogP contribution in [0.3, 0.4) is 0 Å². The van der Waals surface area contributed by atoms with Gasteiger partial charge in [0.25, 0.3) is 0 Å². The van der Waals surface area contributed by atoms with Crippen molar-refractivity contribution in [3.63, 3.8) is 0 Å². The van der Waals surface area contributed by atoms with Crippen molar-refractivity contribution in [2.75, 3.05) is 12.4 Å². The van der Waals surface area contributed by atoms with Crippen LogP contribution in [-0.4, -0.2) is 52.7 Å². The van der Waals surface area contributed by atoms with E-state index < -0.39 is 30.0 Å². The molecule has 2 aliphatic rings. The maximum atomic E-state index is 13.6. The highest BCUT2D eigenvalue weighted by Crippen LogP contribution is 2.59. The summed E-state index contributed by atoms with van der Waals surface area (Å²) in [6, 6.07) is 6.40. The lowest BCUT2D eigenvalue weighted by Gasteiger charge is -2.20. The second kappa shape index (κ2) is 10.4. The number of benzene rings is 1. The van der Waals surface area contributed by atoms with Crippen LogP contribution < -0.4 is 10.1 Å². The first-order valence-corrected chi connectivity index (χ1v) is 14.1. The number of aromatic amines is 1. The van der Waals surface area contributed by atoms with Crippen LogP contribution in [0.25, 0.3) is 33.9 Å². The van der Waals surface area contributed by atoms with Gasteiger partial charge in [0, 0.05) is 30.8 Å². The van der Waals surface area contributed by atoms with Crippen molar-refractivity contribution in [2.45, 2.75) is 57.0 Å². The van der Waals surface area contributed by atoms with E-state index in [0.717, 1.165) is 28.7 Å². The van der Waals surface area contributed by atoms with E-state index in [1.54, 1.807) is 12.1 Å². The predicted molar refractivity (Wildman–Crippen MR) is 149 cm³/mol. The molecule has 234 valence electrons. The Morgan fingerprint density at radius 3 is 2.40 bits per heavy atom. The van der Waals surface area contributed by atoms with E-state index >= 15 is 0 Å². The quantitative estimate of drug-likeness (QED) is 0.177. The van der Waals surface area contributed by atoms with E-state index in [2.05, 4.69) is 35.2 Å². The number of imidazole rings is 2. The third kappa shape index (κ3) is 5.42. The average molecular weight is 630 g/mol. The van der Waals surface area contributed by atoms with Gasteiger partial charge in [-0.3, -0.25) is 0 Å². The average Bonchev–Trinajstić information content (AvgIpc) is 3.91. The normalized spacial score (nSPS) is 16.2. The number of halogens is 6. The second-order valence-electron chi connectivity index (χ2n) is 11.3. The summed E-state index contributed by atoms with van der Waals surface area (Å²) in [6.07, 6.45) is -4.04. The minimum atomic E-state index is -4.80. The Bertz CT molecular complexity index is 1870. The van der Waals surface area contributed by atoms with Crippen molar-refractivity contribution in [2.24, 2.45) is 5.41 Å². The first-order chi connectivity index (χ1) is 21.5. The molecule has 4 aromatic heterocycles. The molecule has 0 bridgehead atoms. The predicted octanol–water partition coefficient (Wildman–Crippen LogP) is 6.53. The summed E-state index contributed by atoms with van der Waals surface area (Å²) in [5.74, 6) is 1.21. The molecule has 0 spiro atoms. The van der Waals surface area contributed by atoms with Crippen molar-refractivity contribution in [3.05, 3.63) is 60.1 Å². The molecule has 5 aromatic rings. The Kier molecular flexibility index (Phi) is 6.70. The summed E-state index contributed by atoms with van der Waals surface area (Å²) in [5, 5.41) is 3.25. The third-order valence-electron chi connectivity index (χ3n) is 8.18. The van der Waals surface area contributed by atoms with E-state index in [0.29, 0.717) is 40.4 Å². The molecular formula is C29H25F6N9O. The van der Waals surface area contributed by atoms with Crippen LogP contribution in [0, 0.1) is 5.41 Å². The molecule has 0 radical (unpaired) electrons. The standard InChI is InChI=1S/C29H25F6N9O/c1-45-26-19(20(16-6-7-16)37-14-40-26)22-42-23(21-24(43-22)39-13-38-21)36-10-15-2-4-17(5-3-15)25-41-18(28(30,31)32)11-44(25)12-27(8-9-27)29(33,34)35/h2-5,11,13-14,16H,6-10,12H2,1H3,(H2,36,38,39,42,43). The Balaban J connectivity index is 1.16. The zero-order valence-corrected chi connectivity index (χ0v) is 23.7. The largest absolute Gasteiger partial charge is 0.480 e. The molecule has 45 heavy (non-hydrogen) atoms. The van der Waals surface area contributed by atoms with Crippen LogP contribution in [0.2, 0.25) is 0 Å². The van der Waals surface area contributed by atoms with Gasteiger partial charge in [0.2, 0.25) is 5.88 Å². The van der Waals surface area contributed by atoms with Crippen LogP contribution in [0.1, 0.15) is 48.6 Å². The molecule has 0 amide bonds. The minimum absolute atomic E-state index is 0.138. The molecule has 4 heterocycles. The molecule has 10 nitrogen and oxygen atoms in total. The summed E-state index contributed by atoms with van der Waals surface area (Å²) in [5.41, 5.74) is 0.0588. The zero-order valence-electron chi connectivity index (χ0n) is 23.7. The molecule has 0 aliphatic heterocycles. The van der Waals surface area contributed by atoms with Crippen LogP contribution >= 0.6 is 0 Å². The number of anilines is 1. The number of methoxy groups -OCH3 is 1. The van der Waals surface area contributed by atoms with Crippen molar-refractivity contribution in [1.29, 1.82) is 0 Å². The fourth-order valence-electron chi connectivity index (χ4n) is 5.36. The number of hydrogen-bond acceptors (Lipinski definition) is 8. The molecule has 2 N–H and O–H groups in total. The Hall–Kier alpha value is -4.76. The number of nitrogens with one attached hydrogen (secondary N) is 2. The first kappa shape index (κ1) is 29.0. The summed E-state index contributed by atoms with van der Waals surface area (Å²) in [4.78, 5) is 29.0. The number of fused-ring (bicyclic) bond motifs is 1. The molecule has 7 rings (SSSR count). The molecule has 16 heteroatoms. The monoisotopic (exact) mass is 629 g/mol. The molecular weight excluding hydrogens is 604 g/mol. The SMILES string of the molecule is COc1ncnc(C2CC2)c1-c1nc(NCc2ccc(-c3nc(C(F)(F)F)cn3CC3(C(F)(F)F)CC3)cc2)c2[nH]cnc2n1. The Labute approximate surface area is 251 Å². The Morgan fingerprint density at radius 2 is 1.76 bits per heavy atom. The van der Waals surface area contributed by atoms with Gasteiger partial charge in [-0.2, -0.15) is 26.3 Å². The van der Waals surface area contributed by atoms with E-state index in [1.165, 1.54) is 31.9 Å². The maximum Gasteiger partial charge on any atom is 0.434 e. The number of nitrogens with zero attached hydrogens (tertiary/aromatic N) is 7. The zero-order chi connectivity index (χ0) is 31.6.